The fraction of sp³-hybridized carbons (Fsp3) is 0.763. The highest BCUT2D eigenvalue weighted by molar-refractivity contribution is 5.98. The van der Waals surface area contributed by atoms with Crippen molar-refractivity contribution in [2.24, 2.45) is 29.4 Å². The molecule has 1 aliphatic rings. The van der Waals surface area contributed by atoms with Gasteiger partial charge < -0.3 is 58.1 Å². The van der Waals surface area contributed by atoms with Gasteiger partial charge in [0, 0.05) is 6.54 Å². The van der Waals surface area contributed by atoms with E-state index in [1.54, 1.807) is 41.5 Å². The number of nitrogens with zero attached hydrogens (tertiary/aromatic N) is 1. The molecule has 1 fully saturated rings. The number of carboxylic acids is 1. The maximum Gasteiger partial charge on any atom is 0.325 e. The summed E-state index contributed by atoms with van der Waals surface area (Å²) in [5, 5.41) is 36.3. The van der Waals surface area contributed by atoms with E-state index in [0.717, 1.165) is 0 Å². The predicted molar refractivity (Wildman–Crippen MR) is 212 cm³/mol. The average Bonchev–Trinajstić information content (AvgIpc) is 3.63. The van der Waals surface area contributed by atoms with Crippen molar-refractivity contribution in [2.45, 2.75) is 150 Å². The van der Waals surface area contributed by atoms with Crippen molar-refractivity contribution in [3.05, 3.63) is 0 Å². The topological polar surface area (TPSA) is 308 Å². The van der Waals surface area contributed by atoms with Crippen LogP contribution in [-0.2, 0) is 43.2 Å². The second-order valence-corrected chi connectivity index (χ2v) is 16.4. The van der Waals surface area contributed by atoms with E-state index in [2.05, 4.69) is 37.2 Å². The van der Waals surface area contributed by atoms with Crippen LogP contribution in [0.2, 0.25) is 0 Å². The molecule has 0 aromatic carbocycles. The first-order chi connectivity index (χ1) is 26.8. The lowest BCUT2D eigenvalue weighted by atomic mass is 9.97. The molecule has 0 aliphatic carbocycles. The van der Waals surface area contributed by atoms with Gasteiger partial charge in [0.2, 0.25) is 47.3 Å². The molecule has 0 spiro atoms. The lowest BCUT2D eigenvalue weighted by Crippen LogP contribution is -2.61. The lowest BCUT2D eigenvalue weighted by molar-refractivity contribution is -0.142. The van der Waals surface area contributed by atoms with Crippen LogP contribution in [-0.4, -0.2) is 136 Å². The first-order valence-electron chi connectivity index (χ1n) is 19.9. The number of nitrogens with two attached hydrogens (primary N) is 1. The van der Waals surface area contributed by atoms with Gasteiger partial charge in [0.15, 0.2) is 0 Å². The van der Waals surface area contributed by atoms with E-state index in [-0.39, 0.29) is 18.9 Å². The Kier molecular flexibility index (Phi) is 20.8. The van der Waals surface area contributed by atoms with Crippen molar-refractivity contribution in [3.63, 3.8) is 0 Å². The Balaban J connectivity index is 2.96. The van der Waals surface area contributed by atoms with Crippen molar-refractivity contribution >= 4 is 53.2 Å². The SMILES string of the molecule is CC(C)C[C@H](NC(=O)[C@@H](N)CO)C(=O)N1CCC[C@H]1C(=O)N[C@@H](C)C(=O)N[C@@H](C)C(=O)N[C@H](C(=O)N[C@H](C(=O)N[C@H](C(=O)N[C@@H](C)C(=O)O)C(C)C)C(C)C)C(C)C. The minimum atomic E-state index is -1.25. The maximum absolute atomic E-state index is 13.6. The van der Waals surface area contributed by atoms with E-state index in [4.69, 9.17) is 5.73 Å². The van der Waals surface area contributed by atoms with Gasteiger partial charge in [-0.15, -0.1) is 0 Å². The Morgan fingerprint density at radius 3 is 1.43 bits per heavy atom. The number of likely N-dealkylation sites (tertiary alicyclic amines) is 1. The summed E-state index contributed by atoms with van der Waals surface area (Å²) in [6.45, 7) is 17.4. The van der Waals surface area contributed by atoms with E-state index in [1.807, 2.05) is 13.8 Å². The number of aliphatic hydroxyl groups is 1. The lowest BCUT2D eigenvalue weighted by Gasteiger charge is -2.30. The number of aliphatic carboxylic acids is 1. The van der Waals surface area contributed by atoms with E-state index in [1.165, 1.54) is 25.7 Å². The van der Waals surface area contributed by atoms with Gasteiger partial charge in [0.1, 0.15) is 54.4 Å². The summed E-state index contributed by atoms with van der Waals surface area (Å²) in [4.78, 5) is 118. The third-order valence-corrected chi connectivity index (χ3v) is 9.67. The van der Waals surface area contributed by atoms with Crippen LogP contribution in [0.4, 0.5) is 0 Å². The Morgan fingerprint density at radius 1 is 0.586 bits per heavy atom. The standard InChI is InChI=1S/C38H67N9O11/c1-17(2)15-25(43-32(51)24(39)16-48)37(56)47-14-12-13-26(47)33(52)41-21(9)30(49)40-22(10)31(50)44-28(19(5)6)35(54)46-29(20(7)8)36(55)45-27(18(3)4)34(53)42-23(11)38(57)58/h17-29,48H,12-16,39H2,1-11H3,(H,40,49)(H,41,52)(H,42,53)(H,43,51)(H,44,50)(H,45,55)(H,46,54)(H,57,58)/t21-,22-,23-,24-,25-,26-,27-,28-,29-/m0/s1. The molecular formula is C38H67N9O11. The smallest absolute Gasteiger partial charge is 0.325 e. The number of aliphatic hydroxyl groups excluding tert-OH is 1. The number of carboxylic acid groups (broad SMARTS) is 1. The van der Waals surface area contributed by atoms with Gasteiger partial charge in [0.25, 0.3) is 0 Å². The highest BCUT2D eigenvalue weighted by atomic mass is 16.4. The van der Waals surface area contributed by atoms with Gasteiger partial charge in [-0.1, -0.05) is 55.4 Å². The van der Waals surface area contributed by atoms with Crippen molar-refractivity contribution < 1.29 is 53.4 Å². The number of carbonyl (C=O) groups is 9. The third kappa shape index (κ3) is 15.5. The zero-order valence-corrected chi connectivity index (χ0v) is 35.6. The minimum absolute atomic E-state index is 0.00640. The zero-order chi connectivity index (χ0) is 44.8. The van der Waals surface area contributed by atoms with Gasteiger partial charge in [-0.2, -0.15) is 0 Å². The van der Waals surface area contributed by atoms with Gasteiger partial charge in [-0.25, -0.2) is 0 Å². The summed E-state index contributed by atoms with van der Waals surface area (Å²) >= 11 is 0. The predicted octanol–water partition coefficient (Wildman–Crippen LogP) is -2.15. The zero-order valence-electron chi connectivity index (χ0n) is 35.6. The number of hydrogen-bond acceptors (Lipinski definition) is 11. The number of rotatable bonds is 22. The molecule has 330 valence electrons. The molecule has 1 heterocycles. The van der Waals surface area contributed by atoms with Crippen LogP contribution in [0.3, 0.4) is 0 Å². The summed E-state index contributed by atoms with van der Waals surface area (Å²) in [5.74, 6) is -8.02. The van der Waals surface area contributed by atoms with Crippen LogP contribution in [0.15, 0.2) is 0 Å². The Hall–Kier alpha value is -4.85. The molecular weight excluding hydrogens is 758 g/mol. The first-order valence-corrected chi connectivity index (χ1v) is 19.9. The fourth-order valence-corrected chi connectivity index (χ4v) is 6.07. The molecule has 0 aromatic rings. The molecule has 1 saturated heterocycles. The van der Waals surface area contributed by atoms with Gasteiger partial charge in [-0.05, 0) is 63.7 Å². The molecule has 58 heavy (non-hydrogen) atoms. The highest BCUT2D eigenvalue weighted by Crippen LogP contribution is 2.21. The van der Waals surface area contributed by atoms with E-state index >= 15 is 0 Å². The number of nitrogens with one attached hydrogen (secondary N) is 7. The van der Waals surface area contributed by atoms with Crippen molar-refractivity contribution in [2.75, 3.05) is 13.2 Å². The molecule has 1 rings (SSSR count). The summed E-state index contributed by atoms with van der Waals surface area (Å²) < 4.78 is 0. The molecule has 11 N–H and O–H groups in total. The monoisotopic (exact) mass is 825 g/mol. The minimum Gasteiger partial charge on any atom is -0.480 e. The summed E-state index contributed by atoms with van der Waals surface area (Å²) in [7, 11) is 0. The fourth-order valence-electron chi connectivity index (χ4n) is 6.07. The molecule has 20 nitrogen and oxygen atoms in total. The van der Waals surface area contributed by atoms with Gasteiger partial charge in [-0.3, -0.25) is 43.2 Å². The number of hydrogen-bond donors (Lipinski definition) is 10. The van der Waals surface area contributed by atoms with Crippen molar-refractivity contribution in [1.82, 2.24) is 42.1 Å². The molecule has 9 atom stereocenters. The van der Waals surface area contributed by atoms with Crippen LogP contribution in [0, 0.1) is 23.7 Å². The summed E-state index contributed by atoms with van der Waals surface area (Å²) in [5.41, 5.74) is 5.62. The van der Waals surface area contributed by atoms with Crippen molar-refractivity contribution in [3.8, 4) is 0 Å². The van der Waals surface area contributed by atoms with Crippen LogP contribution in [0.1, 0.15) is 95.4 Å². The van der Waals surface area contributed by atoms with E-state index < -0.39 is 132 Å². The van der Waals surface area contributed by atoms with Crippen molar-refractivity contribution in [1.29, 1.82) is 0 Å². The van der Waals surface area contributed by atoms with E-state index in [0.29, 0.717) is 12.8 Å². The molecule has 0 radical (unpaired) electrons. The molecule has 0 aromatic heterocycles. The first kappa shape index (κ1) is 51.2. The molecule has 0 saturated carbocycles. The summed E-state index contributed by atoms with van der Waals surface area (Å²) in [6, 6.07) is -10.1. The molecule has 1 aliphatic heterocycles. The Labute approximate surface area is 340 Å². The van der Waals surface area contributed by atoms with Gasteiger partial charge in [0.05, 0.1) is 6.61 Å². The van der Waals surface area contributed by atoms with Crippen LogP contribution in [0.25, 0.3) is 0 Å². The van der Waals surface area contributed by atoms with Gasteiger partial charge >= 0.3 is 5.97 Å². The average molecular weight is 826 g/mol. The van der Waals surface area contributed by atoms with E-state index in [9.17, 15) is 53.4 Å². The molecule has 0 unspecified atom stereocenters. The highest BCUT2D eigenvalue weighted by Gasteiger charge is 2.40. The second-order valence-electron chi connectivity index (χ2n) is 16.4. The Morgan fingerprint density at radius 2 is 1.00 bits per heavy atom. The Bertz CT molecular complexity index is 1490. The molecule has 8 amide bonds. The third-order valence-electron chi connectivity index (χ3n) is 9.67. The molecule has 20 heteroatoms. The summed E-state index contributed by atoms with van der Waals surface area (Å²) in [6.07, 6.45) is 1.06. The van der Waals surface area contributed by atoms with Crippen LogP contribution >= 0.6 is 0 Å². The normalized spacial score (nSPS) is 18.2. The van der Waals surface area contributed by atoms with Crippen LogP contribution in [0.5, 0.6) is 0 Å². The molecule has 0 bridgehead atoms. The van der Waals surface area contributed by atoms with Crippen LogP contribution < -0.4 is 43.0 Å². The maximum atomic E-state index is 13.6. The second kappa shape index (κ2) is 23.5. The largest absolute Gasteiger partial charge is 0.480 e. The number of carbonyl (C=O) groups excluding carboxylic acids is 8. The quantitative estimate of drug-likeness (QED) is 0.0559. The number of amides is 8.